The largest absolute Gasteiger partial charge is 0.493 e. The highest BCUT2D eigenvalue weighted by atomic mass is 16.5. The Hall–Kier alpha value is -3.62. The van der Waals surface area contributed by atoms with Gasteiger partial charge in [0.15, 0.2) is 11.5 Å². The molecule has 2 aliphatic rings. The molecular formula is C30H36N6O2. The second-order valence-electron chi connectivity index (χ2n) is 10.5. The van der Waals surface area contributed by atoms with Crippen LogP contribution in [0.4, 0.5) is 5.82 Å². The Morgan fingerprint density at radius 1 is 0.868 bits per heavy atom. The Morgan fingerprint density at radius 3 is 2.34 bits per heavy atom. The van der Waals surface area contributed by atoms with E-state index in [-0.39, 0.29) is 0 Å². The maximum atomic E-state index is 6.44. The number of fused-ring (bicyclic) bond motifs is 1. The summed E-state index contributed by atoms with van der Waals surface area (Å²) < 4.78 is 14.1. The van der Waals surface area contributed by atoms with Gasteiger partial charge in [0.25, 0.3) is 0 Å². The van der Waals surface area contributed by atoms with Crippen molar-refractivity contribution in [2.75, 3.05) is 46.1 Å². The highest BCUT2D eigenvalue weighted by molar-refractivity contribution is 6.01. The summed E-state index contributed by atoms with van der Waals surface area (Å²) in [5.41, 5.74) is 9.36. The molecule has 1 saturated carbocycles. The summed E-state index contributed by atoms with van der Waals surface area (Å²) in [4.78, 5) is 14.2. The van der Waals surface area contributed by atoms with E-state index in [2.05, 4.69) is 38.7 Å². The fourth-order valence-electron chi connectivity index (χ4n) is 6.03. The first kappa shape index (κ1) is 24.7. The lowest BCUT2D eigenvalue weighted by molar-refractivity contribution is 0.0828. The second-order valence-corrected chi connectivity index (χ2v) is 10.5. The molecule has 2 aromatic heterocycles. The molecule has 0 atom stereocenters. The number of hydrogen-bond acceptors (Lipinski definition) is 7. The second kappa shape index (κ2) is 10.6. The van der Waals surface area contributed by atoms with Crippen molar-refractivity contribution < 1.29 is 9.47 Å². The molecule has 2 N–H and O–H groups in total. The SMILES string of the molecule is COc1cc(-c2cn(C3CCC(N4CCN(C)CC4)CC3)c3ncnc(N)c23)ccc1Oc1ccccc1. The van der Waals surface area contributed by atoms with E-state index in [1.807, 2.05) is 42.5 Å². The van der Waals surface area contributed by atoms with Crippen LogP contribution in [0.3, 0.4) is 0 Å². The minimum atomic E-state index is 0.395. The van der Waals surface area contributed by atoms with Gasteiger partial charge in [-0.05, 0) is 62.6 Å². The van der Waals surface area contributed by atoms with Gasteiger partial charge in [-0.25, -0.2) is 9.97 Å². The van der Waals surface area contributed by atoms with Gasteiger partial charge in [-0.1, -0.05) is 24.3 Å². The summed E-state index contributed by atoms with van der Waals surface area (Å²) in [5, 5.41) is 0.896. The lowest BCUT2D eigenvalue weighted by Gasteiger charge is -2.41. The third-order valence-electron chi connectivity index (χ3n) is 8.20. The van der Waals surface area contributed by atoms with Gasteiger partial charge in [0.2, 0.25) is 0 Å². The van der Waals surface area contributed by atoms with E-state index in [0.29, 0.717) is 29.4 Å². The average Bonchev–Trinajstić information content (AvgIpc) is 3.35. The van der Waals surface area contributed by atoms with Crippen LogP contribution in [0.15, 0.2) is 61.1 Å². The molecule has 6 rings (SSSR count). The number of hydrogen-bond donors (Lipinski definition) is 1. The van der Waals surface area contributed by atoms with E-state index in [9.17, 15) is 0 Å². The Morgan fingerprint density at radius 2 is 1.61 bits per heavy atom. The summed E-state index contributed by atoms with van der Waals surface area (Å²) in [7, 11) is 3.88. The summed E-state index contributed by atoms with van der Waals surface area (Å²) in [6, 6.07) is 16.8. The number of ether oxygens (including phenoxy) is 2. The molecule has 8 heteroatoms. The zero-order valence-electron chi connectivity index (χ0n) is 22.2. The van der Waals surface area contributed by atoms with E-state index in [0.717, 1.165) is 40.8 Å². The highest BCUT2D eigenvalue weighted by Gasteiger charge is 2.30. The zero-order chi connectivity index (χ0) is 26.1. The highest BCUT2D eigenvalue weighted by Crippen LogP contribution is 2.41. The third kappa shape index (κ3) is 4.81. The number of nitrogens with two attached hydrogens (primary N) is 1. The number of anilines is 1. The Labute approximate surface area is 224 Å². The van der Waals surface area contributed by atoms with Gasteiger partial charge in [-0.15, -0.1) is 0 Å². The Kier molecular flexibility index (Phi) is 6.91. The number of para-hydroxylation sites is 1. The van der Waals surface area contributed by atoms with Crippen LogP contribution < -0.4 is 15.2 Å². The Bertz CT molecular complexity index is 1390. The Balaban J connectivity index is 1.28. The third-order valence-corrected chi connectivity index (χ3v) is 8.20. The number of rotatable bonds is 6. The molecular weight excluding hydrogens is 476 g/mol. The molecule has 0 amide bonds. The molecule has 0 radical (unpaired) electrons. The molecule has 2 fully saturated rings. The van der Waals surface area contributed by atoms with Crippen molar-refractivity contribution >= 4 is 16.9 Å². The van der Waals surface area contributed by atoms with Crippen LogP contribution in [0.1, 0.15) is 31.7 Å². The molecule has 2 aromatic carbocycles. The number of methoxy groups -OCH3 is 1. The molecule has 4 aromatic rings. The van der Waals surface area contributed by atoms with Crippen LogP contribution in [-0.2, 0) is 0 Å². The van der Waals surface area contributed by atoms with Gasteiger partial charge >= 0.3 is 0 Å². The molecule has 1 saturated heterocycles. The lowest BCUT2D eigenvalue weighted by atomic mass is 9.89. The molecule has 0 bridgehead atoms. The van der Waals surface area contributed by atoms with Crippen molar-refractivity contribution in [3.05, 3.63) is 61.1 Å². The molecule has 8 nitrogen and oxygen atoms in total. The predicted octanol–water partition coefficient (Wildman–Crippen LogP) is 5.21. The minimum absolute atomic E-state index is 0.395. The maximum Gasteiger partial charge on any atom is 0.169 e. The van der Waals surface area contributed by atoms with Gasteiger partial charge in [-0.3, -0.25) is 4.90 Å². The van der Waals surface area contributed by atoms with Crippen molar-refractivity contribution in [1.29, 1.82) is 0 Å². The standard InChI is InChI=1S/C30H36N6O2/c1-34-14-16-35(17-15-34)22-9-11-23(12-10-22)36-19-25(28-29(31)32-20-33-30(28)36)21-8-13-26(27(18-21)37-2)38-24-6-4-3-5-7-24/h3-8,13,18-20,22-23H,9-12,14-17H2,1-2H3,(H2,31,32,33). The number of likely N-dealkylation sites (N-methyl/N-ethyl adjacent to an activating group) is 1. The van der Waals surface area contributed by atoms with E-state index in [1.54, 1.807) is 13.4 Å². The summed E-state index contributed by atoms with van der Waals surface area (Å²) in [6.07, 6.45) is 8.48. The van der Waals surface area contributed by atoms with Crippen LogP contribution in [0.2, 0.25) is 0 Å². The van der Waals surface area contributed by atoms with E-state index in [1.165, 1.54) is 39.0 Å². The smallest absolute Gasteiger partial charge is 0.169 e. The van der Waals surface area contributed by atoms with Gasteiger partial charge in [0, 0.05) is 50.0 Å². The molecule has 38 heavy (non-hydrogen) atoms. The molecule has 0 unspecified atom stereocenters. The van der Waals surface area contributed by atoms with Gasteiger partial charge in [0.05, 0.1) is 12.5 Å². The van der Waals surface area contributed by atoms with Gasteiger partial charge in [0.1, 0.15) is 23.5 Å². The van der Waals surface area contributed by atoms with Crippen molar-refractivity contribution in [2.24, 2.45) is 0 Å². The minimum Gasteiger partial charge on any atom is -0.493 e. The summed E-state index contributed by atoms with van der Waals surface area (Å²) in [5.74, 6) is 2.59. The normalized spacial score (nSPS) is 21.0. The number of piperazine rings is 1. The quantitative estimate of drug-likeness (QED) is 0.380. The molecule has 3 heterocycles. The van der Waals surface area contributed by atoms with Crippen molar-refractivity contribution in [2.45, 2.75) is 37.8 Å². The van der Waals surface area contributed by atoms with E-state index >= 15 is 0 Å². The van der Waals surface area contributed by atoms with Crippen LogP contribution in [0, 0.1) is 0 Å². The molecule has 1 aliphatic heterocycles. The average molecular weight is 513 g/mol. The fraction of sp³-hybridized carbons (Fsp3) is 0.400. The van der Waals surface area contributed by atoms with E-state index in [4.69, 9.17) is 20.2 Å². The van der Waals surface area contributed by atoms with Crippen LogP contribution in [0.5, 0.6) is 17.2 Å². The van der Waals surface area contributed by atoms with Crippen molar-refractivity contribution in [3.8, 4) is 28.4 Å². The first-order chi connectivity index (χ1) is 18.6. The van der Waals surface area contributed by atoms with Gasteiger partial charge < -0.3 is 24.7 Å². The number of nitrogen functional groups attached to an aromatic ring is 1. The molecule has 1 aliphatic carbocycles. The van der Waals surface area contributed by atoms with E-state index < -0.39 is 0 Å². The van der Waals surface area contributed by atoms with Crippen molar-refractivity contribution in [1.82, 2.24) is 24.3 Å². The number of aromatic nitrogens is 3. The first-order valence-electron chi connectivity index (χ1n) is 13.6. The zero-order valence-corrected chi connectivity index (χ0v) is 22.2. The topological polar surface area (TPSA) is 81.7 Å². The predicted molar refractivity (Wildman–Crippen MR) is 151 cm³/mol. The fourth-order valence-corrected chi connectivity index (χ4v) is 6.03. The monoisotopic (exact) mass is 512 g/mol. The van der Waals surface area contributed by atoms with Crippen LogP contribution in [0.25, 0.3) is 22.2 Å². The van der Waals surface area contributed by atoms with Crippen LogP contribution >= 0.6 is 0 Å². The maximum absolute atomic E-state index is 6.44. The van der Waals surface area contributed by atoms with Crippen molar-refractivity contribution in [3.63, 3.8) is 0 Å². The van der Waals surface area contributed by atoms with Gasteiger partial charge in [-0.2, -0.15) is 0 Å². The number of nitrogens with zero attached hydrogens (tertiary/aromatic N) is 5. The summed E-state index contributed by atoms with van der Waals surface area (Å²) >= 11 is 0. The molecule has 0 spiro atoms. The first-order valence-corrected chi connectivity index (χ1v) is 13.6. The summed E-state index contributed by atoms with van der Waals surface area (Å²) in [6.45, 7) is 4.69. The molecule has 198 valence electrons. The number of benzene rings is 2. The van der Waals surface area contributed by atoms with Crippen LogP contribution in [-0.4, -0.2) is 70.7 Å². The lowest BCUT2D eigenvalue weighted by Crippen LogP contribution is -2.49.